The van der Waals surface area contributed by atoms with Crippen LogP contribution < -0.4 is 0 Å². The quantitative estimate of drug-likeness (QED) is 0.852. The van der Waals surface area contributed by atoms with E-state index >= 15 is 0 Å². The van der Waals surface area contributed by atoms with E-state index in [1.807, 2.05) is 0 Å². The van der Waals surface area contributed by atoms with Gasteiger partial charge in [-0.1, -0.05) is 38.5 Å². The van der Waals surface area contributed by atoms with Crippen molar-refractivity contribution in [3.63, 3.8) is 0 Å². The molecule has 0 spiro atoms. The SMILES string of the molecule is CCCCc1ccc(C(O)CN2CCC(C)CC2)cc1C. The second-order valence-electron chi connectivity index (χ2n) is 6.79. The summed E-state index contributed by atoms with van der Waals surface area (Å²) in [4.78, 5) is 2.41. The lowest BCUT2D eigenvalue weighted by Crippen LogP contribution is -2.36. The Morgan fingerprint density at radius 2 is 2.00 bits per heavy atom. The van der Waals surface area contributed by atoms with Crippen LogP contribution in [0.4, 0.5) is 0 Å². The lowest BCUT2D eigenvalue weighted by molar-refractivity contribution is 0.0916. The van der Waals surface area contributed by atoms with Gasteiger partial charge in [0.2, 0.25) is 0 Å². The molecule has 1 heterocycles. The van der Waals surface area contributed by atoms with Gasteiger partial charge in [0.1, 0.15) is 0 Å². The Hall–Kier alpha value is -0.860. The molecule has 1 aromatic rings. The molecule has 0 aliphatic carbocycles. The van der Waals surface area contributed by atoms with E-state index in [-0.39, 0.29) is 6.10 Å². The molecule has 0 radical (unpaired) electrons. The highest BCUT2D eigenvalue weighted by atomic mass is 16.3. The van der Waals surface area contributed by atoms with E-state index in [9.17, 15) is 5.11 Å². The van der Waals surface area contributed by atoms with Gasteiger partial charge in [0, 0.05) is 6.54 Å². The van der Waals surface area contributed by atoms with Gasteiger partial charge in [0.25, 0.3) is 0 Å². The largest absolute Gasteiger partial charge is 0.387 e. The van der Waals surface area contributed by atoms with Gasteiger partial charge in [0.05, 0.1) is 6.10 Å². The first-order valence-corrected chi connectivity index (χ1v) is 8.60. The van der Waals surface area contributed by atoms with Gasteiger partial charge in [-0.3, -0.25) is 0 Å². The van der Waals surface area contributed by atoms with Gasteiger partial charge in [0.15, 0.2) is 0 Å². The molecule has 1 aromatic carbocycles. The first-order chi connectivity index (χ1) is 10.1. The molecule has 1 unspecified atom stereocenters. The molecular weight excluding hydrogens is 258 g/mol. The van der Waals surface area contributed by atoms with Crippen LogP contribution in [0, 0.1) is 12.8 Å². The number of unbranched alkanes of at least 4 members (excludes halogenated alkanes) is 1. The molecule has 2 heteroatoms. The molecule has 1 N–H and O–H groups in total. The second-order valence-corrected chi connectivity index (χ2v) is 6.79. The Morgan fingerprint density at radius 3 is 2.62 bits per heavy atom. The number of piperidine rings is 1. The normalized spacial score (nSPS) is 18.9. The van der Waals surface area contributed by atoms with Crippen LogP contribution in [0.2, 0.25) is 0 Å². The van der Waals surface area contributed by atoms with Crippen molar-refractivity contribution in [3.8, 4) is 0 Å². The highest BCUT2D eigenvalue weighted by Gasteiger charge is 2.19. The number of nitrogens with zero attached hydrogens (tertiary/aromatic N) is 1. The van der Waals surface area contributed by atoms with Gasteiger partial charge in [-0.05, 0) is 68.3 Å². The molecule has 1 aliphatic rings. The standard InChI is InChI=1S/C19H31NO/c1-4-5-6-17-7-8-18(13-16(17)3)19(21)14-20-11-9-15(2)10-12-20/h7-8,13,15,19,21H,4-6,9-12,14H2,1-3H3. The van der Waals surface area contributed by atoms with Crippen molar-refractivity contribution in [1.29, 1.82) is 0 Å². The van der Waals surface area contributed by atoms with Crippen LogP contribution in [0.1, 0.15) is 62.3 Å². The van der Waals surface area contributed by atoms with Crippen molar-refractivity contribution < 1.29 is 5.11 Å². The summed E-state index contributed by atoms with van der Waals surface area (Å²) in [7, 11) is 0. The zero-order valence-corrected chi connectivity index (χ0v) is 13.9. The summed E-state index contributed by atoms with van der Waals surface area (Å²) in [6.07, 6.45) is 5.82. The van der Waals surface area contributed by atoms with Gasteiger partial charge in [-0.2, -0.15) is 0 Å². The highest BCUT2D eigenvalue weighted by Crippen LogP contribution is 2.22. The van der Waals surface area contributed by atoms with Crippen molar-refractivity contribution in [2.24, 2.45) is 5.92 Å². The molecule has 0 aromatic heterocycles. The molecule has 2 nitrogen and oxygen atoms in total. The average molecular weight is 289 g/mol. The smallest absolute Gasteiger partial charge is 0.0917 e. The lowest BCUT2D eigenvalue weighted by atomic mass is 9.96. The van der Waals surface area contributed by atoms with Crippen molar-refractivity contribution in [2.45, 2.75) is 59.0 Å². The average Bonchev–Trinajstić information content (AvgIpc) is 2.48. The Labute approximate surface area is 130 Å². The maximum absolute atomic E-state index is 10.5. The Morgan fingerprint density at radius 1 is 1.29 bits per heavy atom. The van der Waals surface area contributed by atoms with Crippen LogP contribution in [0.25, 0.3) is 0 Å². The van der Waals surface area contributed by atoms with Crippen molar-refractivity contribution in [1.82, 2.24) is 4.90 Å². The van der Waals surface area contributed by atoms with E-state index in [2.05, 4.69) is 43.9 Å². The third-order valence-electron chi connectivity index (χ3n) is 4.86. The summed E-state index contributed by atoms with van der Waals surface area (Å²) in [6.45, 7) is 9.76. The molecule has 21 heavy (non-hydrogen) atoms. The van der Waals surface area contributed by atoms with Crippen LogP contribution in [0.3, 0.4) is 0 Å². The van der Waals surface area contributed by atoms with Gasteiger partial charge in [-0.25, -0.2) is 0 Å². The van der Waals surface area contributed by atoms with E-state index in [0.717, 1.165) is 37.5 Å². The maximum Gasteiger partial charge on any atom is 0.0917 e. The van der Waals surface area contributed by atoms with Crippen LogP contribution in [-0.4, -0.2) is 29.6 Å². The van der Waals surface area contributed by atoms with Crippen molar-refractivity contribution in [2.75, 3.05) is 19.6 Å². The van der Waals surface area contributed by atoms with E-state index in [4.69, 9.17) is 0 Å². The number of aliphatic hydroxyl groups is 1. The van der Waals surface area contributed by atoms with E-state index in [1.54, 1.807) is 0 Å². The van der Waals surface area contributed by atoms with Gasteiger partial charge < -0.3 is 10.0 Å². The Bertz CT molecular complexity index is 435. The molecule has 0 bridgehead atoms. The van der Waals surface area contributed by atoms with Crippen LogP contribution in [0.5, 0.6) is 0 Å². The zero-order chi connectivity index (χ0) is 15.2. The summed E-state index contributed by atoms with van der Waals surface area (Å²) < 4.78 is 0. The number of aliphatic hydroxyl groups excluding tert-OH is 1. The minimum atomic E-state index is -0.350. The monoisotopic (exact) mass is 289 g/mol. The van der Waals surface area contributed by atoms with E-state index in [1.165, 1.54) is 36.8 Å². The molecule has 0 saturated carbocycles. The van der Waals surface area contributed by atoms with Crippen LogP contribution in [0.15, 0.2) is 18.2 Å². The van der Waals surface area contributed by atoms with Gasteiger partial charge in [-0.15, -0.1) is 0 Å². The number of hydrogen-bond acceptors (Lipinski definition) is 2. The third-order valence-corrected chi connectivity index (χ3v) is 4.86. The minimum Gasteiger partial charge on any atom is -0.387 e. The molecule has 2 rings (SSSR count). The number of rotatable bonds is 6. The second kappa shape index (κ2) is 7.95. The lowest BCUT2D eigenvalue weighted by Gasteiger charge is -2.31. The maximum atomic E-state index is 10.5. The number of hydrogen-bond donors (Lipinski definition) is 1. The predicted molar refractivity (Wildman–Crippen MR) is 89.6 cm³/mol. The Balaban J connectivity index is 1.92. The van der Waals surface area contributed by atoms with E-state index < -0.39 is 0 Å². The van der Waals surface area contributed by atoms with Crippen molar-refractivity contribution in [3.05, 3.63) is 34.9 Å². The molecule has 1 saturated heterocycles. The first kappa shape index (κ1) is 16.5. The summed E-state index contributed by atoms with van der Waals surface area (Å²) in [5.74, 6) is 0.846. The van der Waals surface area contributed by atoms with Crippen LogP contribution in [-0.2, 0) is 6.42 Å². The van der Waals surface area contributed by atoms with Crippen LogP contribution >= 0.6 is 0 Å². The minimum absolute atomic E-state index is 0.350. The third kappa shape index (κ3) is 4.82. The fourth-order valence-electron chi connectivity index (χ4n) is 3.17. The topological polar surface area (TPSA) is 23.5 Å². The zero-order valence-electron chi connectivity index (χ0n) is 13.9. The molecule has 118 valence electrons. The summed E-state index contributed by atoms with van der Waals surface area (Å²) in [5.41, 5.74) is 3.83. The summed E-state index contributed by atoms with van der Waals surface area (Å²) in [6, 6.07) is 6.51. The predicted octanol–water partition coefficient (Wildman–Crippen LogP) is 4.10. The molecule has 1 fully saturated rings. The Kier molecular flexibility index (Phi) is 6.25. The number of benzene rings is 1. The number of β-amino-alcohol motifs (C(OH)–C–C–N with tert-alkyl or cyclic N) is 1. The summed E-state index contributed by atoms with van der Waals surface area (Å²) in [5, 5.41) is 10.5. The molecule has 1 atom stereocenters. The molecular formula is C19H31NO. The van der Waals surface area contributed by atoms with E-state index in [0.29, 0.717) is 0 Å². The fourth-order valence-corrected chi connectivity index (χ4v) is 3.17. The summed E-state index contributed by atoms with van der Waals surface area (Å²) >= 11 is 0. The van der Waals surface area contributed by atoms with Crippen molar-refractivity contribution >= 4 is 0 Å². The molecule has 0 amide bonds. The number of aryl methyl sites for hydroxylation is 2. The van der Waals surface area contributed by atoms with Gasteiger partial charge >= 0.3 is 0 Å². The number of likely N-dealkylation sites (tertiary alicyclic amines) is 1. The molecule has 1 aliphatic heterocycles. The first-order valence-electron chi connectivity index (χ1n) is 8.60. The highest BCUT2D eigenvalue weighted by molar-refractivity contribution is 5.32. The fraction of sp³-hybridized carbons (Fsp3) is 0.684.